The molecule has 0 fully saturated rings. The van der Waals surface area contributed by atoms with E-state index in [0.29, 0.717) is 23.7 Å². The predicted octanol–water partition coefficient (Wildman–Crippen LogP) is 1.30. The second-order valence-electron chi connectivity index (χ2n) is 3.63. The summed E-state index contributed by atoms with van der Waals surface area (Å²) in [4.78, 5) is 11.7. The summed E-state index contributed by atoms with van der Waals surface area (Å²) >= 11 is 0. The van der Waals surface area contributed by atoms with Gasteiger partial charge in [0.2, 0.25) is 0 Å². The third kappa shape index (κ3) is 3.64. The topological polar surface area (TPSA) is 50.8 Å². The smallest absolute Gasteiger partial charge is 0.265 e. The zero-order valence-corrected chi connectivity index (χ0v) is 10.6. The minimum absolute atomic E-state index is 0.184. The van der Waals surface area contributed by atoms with Crippen molar-refractivity contribution >= 4 is 5.91 Å². The Morgan fingerprint density at radius 1 is 1.35 bits per heavy atom. The first-order chi connectivity index (χ1) is 8.08. The number of nitrogens with zero attached hydrogens (tertiary/aromatic N) is 1. The minimum atomic E-state index is -0.184. The Morgan fingerprint density at radius 3 is 2.59 bits per heavy atom. The fourth-order valence-electron chi connectivity index (χ4n) is 1.35. The molecule has 0 aromatic heterocycles. The Bertz CT molecular complexity index is 391. The van der Waals surface area contributed by atoms with Gasteiger partial charge < -0.3 is 9.47 Å². The molecule has 0 spiro atoms. The number of ether oxygens (including phenoxy) is 2. The van der Waals surface area contributed by atoms with Crippen molar-refractivity contribution in [3.8, 4) is 11.5 Å². The monoisotopic (exact) mass is 238 g/mol. The Balaban J connectivity index is 2.92. The molecule has 0 unspecified atom stereocenters. The highest BCUT2D eigenvalue weighted by Crippen LogP contribution is 2.27. The van der Waals surface area contributed by atoms with E-state index in [1.54, 1.807) is 44.4 Å². The van der Waals surface area contributed by atoms with E-state index in [9.17, 15) is 4.79 Å². The molecule has 5 nitrogen and oxygen atoms in total. The van der Waals surface area contributed by atoms with Crippen LogP contribution in [0.1, 0.15) is 17.3 Å². The van der Waals surface area contributed by atoms with Crippen molar-refractivity contribution in [2.24, 2.45) is 0 Å². The van der Waals surface area contributed by atoms with E-state index >= 15 is 0 Å². The fourth-order valence-corrected chi connectivity index (χ4v) is 1.35. The molecule has 5 heteroatoms. The molecule has 94 valence electrons. The quantitative estimate of drug-likeness (QED) is 0.786. The Hall–Kier alpha value is -1.75. The number of rotatable bonds is 5. The summed E-state index contributed by atoms with van der Waals surface area (Å²) in [5, 5.41) is 1.59. The van der Waals surface area contributed by atoms with Crippen molar-refractivity contribution in [2.75, 3.05) is 27.8 Å². The molecule has 1 aromatic rings. The highest BCUT2D eigenvalue weighted by molar-refractivity contribution is 5.94. The zero-order valence-electron chi connectivity index (χ0n) is 10.6. The molecular weight excluding hydrogens is 220 g/mol. The number of hydrogen-bond acceptors (Lipinski definition) is 4. The van der Waals surface area contributed by atoms with E-state index in [0.717, 1.165) is 0 Å². The molecule has 0 aliphatic heterocycles. The van der Waals surface area contributed by atoms with Gasteiger partial charge in [0.25, 0.3) is 5.91 Å². The standard InChI is InChI=1S/C12H18N2O3/c1-5-17-10-7-6-9(8-11(10)16-4)12(15)13-14(2)3/h6-8H,5H2,1-4H3,(H,13,15). The average molecular weight is 238 g/mol. The van der Waals surface area contributed by atoms with Gasteiger partial charge >= 0.3 is 0 Å². The van der Waals surface area contributed by atoms with E-state index in [-0.39, 0.29) is 5.91 Å². The van der Waals surface area contributed by atoms with E-state index in [2.05, 4.69) is 5.43 Å². The van der Waals surface area contributed by atoms with Crippen LogP contribution in [0.2, 0.25) is 0 Å². The van der Waals surface area contributed by atoms with Crippen LogP contribution in [0, 0.1) is 0 Å². The minimum Gasteiger partial charge on any atom is -0.493 e. The maximum atomic E-state index is 11.7. The molecule has 1 N–H and O–H groups in total. The lowest BCUT2D eigenvalue weighted by atomic mass is 10.2. The van der Waals surface area contributed by atoms with Gasteiger partial charge in [-0.25, -0.2) is 5.01 Å². The molecule has 0 aliphatic rings. The number of nitrogens with one attached hydrogen (secondary N) is 1. The highest BCUT2D eigenvalue weighted by atomic mass is 16.5. The van der Waals surface area contributed by atoms with Gasteiger partial charge in [0.15, 0.2) is 11.5 Å². The molecule has 0 aliphatic carbocycles. The van der Waals surface area contributed by atoms with Crippen molar-refractivity contribution in [2.45, 2.75) is 6.92 Å². The van der Waals surface area contributed by atoms with Crippen molar-refractivity contribution in [1.82, 2.24) is 10.4 Å². The highest BCUT2D eigenvalue weighted by Gasteiger charge is 2.11. The van der Waals surface area contributed by atoms with Gasteiger partial charge in [-0.3, -0.25) is 10.2 Å². The maximum Gasteiger partial charge on any atom is 0.265 e. The second-order valence-corrected chi connectivity index (χ2v) is 3.63. The molecule has 0 bridgehead atoms. The van der Waals surface area contributed by atoms with Crippen LogP contribution in [0.25, 0.3) is 0 Å². The van der Waals surface area contributed by atoms with Crippen molar-refractivity contribution < 1.29 is 14.3 Å². The third-order valence-electron chi connectivity index (χ3n) is 2.05. The molecule has 0 saturated heterocycles. The summed E-state index contributed by atoms with van der Waals surface area (Å²) in [6.07, 6.45) is 0. The lowest BCUT2D eigenvalue weighted by Crippen LogP contribution is -2.36. The van der Waals surface area contributed by atoms with Gasteiger partial charge in [-0.2, -0.15) is 0 Å². The Labute approximate surface area is 101 Å². The Morgan fingerprint density at radius 2 is 2.06 bits per heavy atom. The van der Waals surface area contributed by atoms with Crippen LogP contribution in [-0.4, -0.2) is 38.7 Å². The SMILES string of the molecule is CCOc1ccc(C(=O)NN(C)C)cc1OC. The van der Waals surface area contributed by atoms with Gasteiger partial charge in [-0.05, 0) is 25.1 Å². The second kappa shape index (κ2) is 6.10. The molecule has 0 radical (unpaired) electrons. The summed E-state index contributed by atoms with van der Waals surface area (Å²) in [6.45, 7) is 2.45. The lowest BCUT2D eigenvalue weighted by molar-refractivity contribution is 0.0856. The number of amides is 1. The van der Waals surface area contributed by atoms with Crippen molar-refractivity contribution in [1.29, 1.82) is 0 Å². The van der Waals surface area contributed by atoms with Crippen LogP contribution in [-0.2, 0) is 0 Å². The number of benzene rings is 1. The first kappa shape index (κ1) is 13.3. The van der Waals surface area contributed by atoms with Crippen LogP contribution in [0.4, 0.5) is 0 Å². The van der Waals surface area contributed by atoms with Crippen molar-refractivity contribution in [3.63, 3.8) is 0 Å². The van der Waals surface area contributed by atoms with Crippen LogP contribution in [0.5, 0.6) is 11.5 Å². The van der Waals surface area contributed by atoms with Crippen molar-refractivity contribution in [3.05, 3.63) is 23.8 Å². The molecule has 1 aromatic carbocycles. The molecule has 1 rings (SSSR count). The summed E-state index contributed by atoms with van der Waals surface area (Å²) in [5.74, 6) is 1.01. The van der Waals surface area contributed by atoms with Crippen LogP contribution in [0.15, 0.2) is 18.2 Å². The first-order valence-electron chi connectivity index (χ1n) is 5.37. The van der Waals surface area contributed by atoms with Gasteiger partial charge in [-0.15, -0.1) is 0 Å². The van der Waals surface area contributed by atoms with E-state index < -0.39 is 0 Å². The van der Waals surface area contributed by atoms with Crippen LogP contribution in [0.3, 0.4) is 0 Å². The van der Waals surface area contributed by atoms with E-state index in [1.807, 2.05) is 6.92 Å². The number of carbonyl (C=O) groups is 1. The summed E-state index contributed by atoms with van der Waals surface area (Å²) in [6, 6.07) is 5.09. The molecule has 1 amide bonds. The summed E-state index contributed by atoms with van der Waals surface area (Å²) in [7, 11) is 5.05. The molecule has 0 saturated carbocycles. The molecule has 17 heavy (non-hydrogen) atoms. The average Bonchev–Trinajstić information content (AvgIpc) is 2.29. The lowest BCUT2D eigenvalue weighted by Gasteiger charge is -2.14. The maximum absolute atomic E-state index is 11.7. The third-order valence-corrected chi connectivity index (χ3v) is 2.05. The predicted molar refractivity (Wildman–Crippen MR) is 65.3 cm³/mol. The molecular formula is C12H18N2O3. The largest absolute Gasteiger partial charge is 0.493 e. The van der Waals surface area contributed by atoms with E-state index in [1.165, 1.54) is 0 Å². The summed E-state index contributed by atoms with van der Waals surface area (Å²) < 4.78 is 10.6. The van der Waals surface area contributed by atoms with Gasteiger partial charge in [-0.1, -0.05) is 0 Å². The van der Waals surface area contributed by atoms with Crippen LogP contribution >= 0.6 is 0 Å². The van der Waals surface area contributed by atoms with Gasteiger partial charge in [0, 0.05) is 19.7 Å². The molecule has 0 atom stereocenters. The number of methoxy groups -OCH3 is 1. The van der Waals surface area contributed by atoms with Crippen LogP contribution < -0.4 is 14.9 Å². The Kier molecular flexibility index (Phi) is 4.78. The normalized spacial score (nSPS) is 10.2. The first-order valence-corrected chi connectivity index (χ1v) is 5.37. The number of carbonyl (C=O) groups excluding carboxylic acids is 1. The molecule has 0 heterocycles. The fraction of sp³-hybridized carbons (Fsp3) is 0.417. The number of hydrazine groups is 1. The van der Waals surface area contributed by atoms with E-state index in [4.69, 9.17) is 9.47 Å². The zero-order chi connectivity index (χ0) is 12.8. The summed E-state index contributed by atoms with van der Waals surface area (Å²) in [5.41, 5.74) is 3.19. The van der Waals surface area contributed by atoms with Gasteiger partial charge in [0.05, 0.1) is 13.7 Å². The number of hydrogen-bond donors (Lipinski definition) is 1. The van der Waals surface area contributed by atoms with Gasteiger partial charge in [0.1, 0.15) is 0 Å².